The molecule has 0 aromatic carbocycles. The Balaban J connectivity index is 2.54. The van der Waals surface area contributed by atoms with Crippen molar-refractivity contribution in [3.63, 3.8) is 0 Å². The van der Waals surface area contributed by atoms with Crippen LogP contribution < -0.4 is 0 Å². The van der Waals surface area contributed by atoms with E-state index in [1.54, 1.807) is 0 Å². The molecule has 4 heteroatoms. The molecule has 0 saturated carbocycles. The summed E-state index contributed by atoms with van der Waals surface area (Å²) in [4.78, 5) is 2.82. The highest BCUT2D eigenvalue weighted by molar-refractivity contribution is 5.01. The average Bonchev–Trinajstić information content (AvgIpc) is 2.26. The highest BCUT2D eigenvalue weighted by atomic mass is 16.3. The maximum atomic E-state index is 9.45. The summed E-state index contributed by atoms with van der Waals surface area (Å²) in [7, 11) is 0. The zero-order valence-corrected chi connectivity index (χ0v) is 8.89. The third-order valence-corrected chi connectivity index (χ3v) is 2.46. The van der Waals surface area contributed by atoms with E-state index in [0.29, 0.717) is 5.76 Å². The van der Waals surface area contributed by atoms with Crippen molar-refractivity contribution in [1.82, 2.24) is 0 Å². The summed E-state index contributed by atoms with van der Waals surface area (Å²) in [6, 6.07) is 0. The van der Waals surface area contributed by atoms with Crippen molar-refractivity contribution < 1.29 is 5.11 Å². The summed E-state index contributed by atoms with van der Waals surface area (Å²) in [5.41, 5.74) is 9.22. The Kier molecular flexibility index (Phi) is 5.41. The first kappa shape index (κ1) is 11.7. The Morgan fingerprint density at radius 2 is 1.87 bits per heavy atom. The molecule has 1 aliphatic carbocycles. The van der Waals surface area contributed by atoms with E-state index in [0.717, 1.165) is 50.6 Å². The van der Waals surface area contributed by atoms with Crippen molar-refractivity contribution in [2.45, 2.75) is 44.9 Å². The fraction of sp³-hybridized carbons (Fsp3) is 0.636. The van der Waals surface area contributed by atoms with E-state index in [1.165, 1.54) is 0 Å². The van der Waals surface area contributed by atoms with Crippen LogP contribution in [0.5, 0.6) is 0 Å². The molecule has 1 N–H and O–H groups in total. The van der Waals surface area contributed by atoms with Crippen LogP contribution in [0.1, 0.15) is 44.9 Å². The Bertz CT molecular complexity index is 301. The first-order valence-corrected chi connectivity index (χ1v) is 5.45. The van der Waals surface area contributed by atoms with Gasteiger partial charge in [0.2, 0.25) is 0 Å². The van der Waals surface area contributed by atoms with E-state index in [2.05, 4.69) is 10.0 Å². The molecule has 0 bridgehead atoms. The fourth-order valence-corrected chi connectivity index (χ4v) is 1.62. The minimum atomic E-state index is 0.502. The average molecular weight is 207 g/mol. The molecule has 0 radical (unpaired) electrons. The molecule has 0 heterocycles. The zero-order valence-electron chi connectivity index (χ0n) is 8.89. The van der Waals surface area contributed by atoms with Crippen LogP contribution in [0.3, 0.4) is 0 Å². The zero-order chi connectivity index (χ0) is 10.9. The maximum absolute atomic E-state index is 9.45. The second kappa shape index (κ2) is 6.96. The van der Waals surface area contributed by atoms with Gasteiger partial charge in [-0.25, -0.2) is 0 Å². The molecule has 0 atom stereocenters. The second-order valence-electron chi connectivity index (χ2n) is 3.72. The predicted molar refractivity (Wildman–Crippen MR) is 60.3 cm³/mol. The SMILES string of the molecule is [N-]=[N+]=N/C1=C/CCC/C=C(/O)CCCC1. The van der Waals surface area contributed by atoms with Crippen molar-refractivity contribution in [2.24, 2.45) is 5.11 Å². The summed E-state index contributed by atoms with van der Waals surface area (Å²) >= 11 is 0. The van der Waals surface area contributed by atoms with Crippen LogP contribution in [0.15, 0.2) is 28.7 Å². The van der Waals surface area contributed by atoms with Gasteiger partial charge in [0.1, 0.15) is 0 Å². The Hall–Kier alpha value is -1.41. The monoisotopic (exact) mass is 207 g/mol. The molecule has 0 amide bonds. The summed E-state index contributed by atoms with van der Waals surface area (Å²) < 4.78 is 0. The van der Waals surface area contributed by atoms with Gasteiger partial charge < -0.3 is 5.11 Å². The molecule has 1 rings (SSSR count). The Labute approximate surface area is 89.9 Å². The molecule has 0 saturated heterocycles. The van der Waals surface area contributed by atoms with Gasteiger partial charge in [0.05, 0.1) is 5.76 Å². The molecule has 1 aliphatic rings. The number of nitrogens with zero attached hydrogens (tertiary/aromatic N) is 3. The van der Waals surface area contributed by atoms with Crippen LogP contribution >= 0.6 is 0 Å². The van der Waals surface area contributed by atoms with Gasteiger partial charge in [-0.05, 0) is 50.1 Å². The van der Waals surface area contributed by atoms with Crippen molar-refractivity contribution in [3.8, 4) is 0 Å². The molecule has 4 nitrogen and oxygen atoms in total. The van der Waals surface area contributed by atoms with E-state index < -0.39 is 0 Å². The topological polar surface area (TPSA) is 69.0 Å². The van der Waals surface area contributed by atoms with Crippen LogP contribution in [0.4, 0.5) is 0 Å². The van der Waals surface area contributed by atoms with Crippen LogP contribution in [-0.4, -0.2) is 5.11 Å². The molecule has 15 heavy (non-hydrogen) atoms. The van der Waals surface area contributed by atoms with E-state index >= 15 is 0 Å². The van der Waals surface area contributed by atoms with Gasteiger partial charge in [-0.2, -0.15) is 0 Å². The van der Waals surface area contributed by atoms with Gasteiger partial charge in [0.15, 0.2) is 0 Å². The quantitative estimate of drug-likeness (QED) is 0.387. The molecule has 0 fully saturated rings. The van der Waals surface area contributed by atoms with Crippen LogP contribution in [0, 0.1) is 0 Å². The van der Waals surface area contributed by atoms with Gasteiger partial charge in [0.25, 0.3) is 0 Å². The lowest BCUT2D eigenvalue weighted by atomic mass is 10.1. The predicted octanol–water partition coefficient (Wildman–Crippen LogP) is 4.37. The van der Waals surface area contributed by atoms with Crippen molar-refractivity contribution in [2.75, 3.05) is 0 Å². The number of azide groups is 1. The first-order chi connectivity index (χ1) is 7.33. The second-order valence-corrected chi connectivity index (χ2v) is 3.72. The van der Waals surface area contributed by atoms with Crippen LogP contribution in [0.25, 0.3) is 10.4 Å². The lowest BCUT2D eigenvalue weighted by Gasteiger charge is -2.00. The van der Waals surface area contributed by atoms with Gasteiger partial charge in [-0.15, -0.1) is 0 Å². The number of aliphatic hydroxyl groups is 1. The van der Waals surface area contributed by atoms with Crippen molar-refractivity contribution in [3.05, 3.63) is 34.1 Å². The van der Waals surface area contributed by atoms with E-state index in [-0.39, 0.29) is 0 Å². The maximum Gasteiger partial charge on any atom is 0.0882 e. The minimum absolute atomic E-state index is 0.502. The molecule has 0 aromatic heterocycles. The number of hydrogen-bond acceptors (Lipinski definition) is 2. The summed E-state index contributed by atoms with van der Waals surface area (Å²) in [5.74, 6) is 0.502. The normalized spacial score (nSPS) is 26.1. The molecule has 0 spiro atoms. The van der Waals surface area contributed by atoms with Gasteiger partial charge in [0, 0.05) is 17.0 Å². The summed E-state index contributed by atoms with van der Waals surface area (Å²) in [5, 5.41) is 13.1. The largest absolute Gasteiger partial charge is 0.513 e. The molecule has 82 valence electrons. The van der Waals surface area contributed by atoms with Gasteiger partial charge in [-0.1, -0.05) is 11.2 Å². The van der Waals surface area contributed by atoms with Crippen molar-refractivity contribution in [1.29, 1.82) is 0 Å². The van der Waals surface area contributed by atoms with E-state index in [9.17, 15) is 5.11 Å². The molecular weight excluding hydrogens is 190 g/mol. The molecule has 0 aromatic rings. The lowest BCUT2D eigenvalue weighted by Crippen LogP contribution is -1.84. The van der Waals surface area contributed by atoms with Crippen LogP contribution in [-0.2, 0) is 0 Å². The summed E-state index contributed by atoms with van der Waals surface area (Å²) in [6.07, 6.45) is 10.2. The van der Waals surface area contributed by atoms with Crippen molar-refractivity contribution >= 4 is 0 Å². The first-order valence-electron chi connectivity index (χ1n) is 5.45. The standard InChI is InChI=1S/C11H17N3O/c12-14-13-10-6-2-1-3-8-11(15)9-5-4-7-10/h6,8,15H,1-5,7,9H2/b10-6+,11-8+. The Morgan fingerprint density at radius 1 is 1.13 bits per heavy atom. The fourth-order valence-electron chi connectivity index (χ4n) is 1.62. The highest BCUT2D eigenvalue weighted by Crippen LogP contribution is 2.16. The third kappa shape index (κ3) is 5.13. The molecule has 0 aliphatic heterocycles. The highest BCUT2D eigenvalue weighted by Gasteiger charge is 1.99. The number of allylic oxidation sites excluding steroid dienone is 4. The molecule has 0 unspecified atom stereocenters. The smallest absolute Gasteiger partial charge is 0.0882 e. The third-order valence-electron chi connectivity index (χ3n) is 2.46. The number of rotatable bonds is 1. The number of aliphatic hydroxyl groups excluding tert-OH is 1. The summed E-state index contributed by atoms with van der Waals surface area (Å²) in [6.45, 7) is 0. The lowest BCUT2D eigenvalue weighted by molar-refractivity contribution is 0.379. The van der Waals surface area contributed by atoms with Crippen LogP contribution in [0.2, 0.25) is 0 Å². The Morgan fingerprint density at radius 3 is 2.67 bits per heavy atom. The molecular formula is C11H17N3O. The number of hydrogen-bond donors (Lipinski definition) is 1. The van der Waals surface area contributed by atoms with E-state index in [1.807, 2.05) is 12.2 Å². The van der Waals surface area contributed by atoms with Gasteiger partial charge in [-0.3, -0.25) is 0 Å². The van der Waals surface area contributed by atoms with E-state index in [4.69, 9.17) is 5.53 Å². The minimum Gasteiger partial charge on any atom is -0.513 e. The van der Waals surface area contributed by atoms with Gasteiger partial charge >= 0.3 is 0 Å².